The molecule has 3 rings (SSSR count). The lowest BCUT2D eigenvalue weighted by atomic mass is 9.95. The molecule has 0 saturated heterocycles. The second-order valence-electron chi connectivity index (χ2n) is 7.96. The number of rotatable bonds is 4. The van der Waals surface area contributed by atoms with Gasteiger partial charge in [0.15, 0.2) is 6.61 Å². The highest BCUT2D eigenvalue weighted by Gasteiger charge is 2.30. The first-order valence-corrected chi connectivity index (χ1v) is 10.6. The number of halogens is 1. The van der Waals surface area contributed by atoms with Crippen LogP contribution in [0.15, 0.2) is 52.3 Å². The third kappa shape index (κ3) is 4.79. The molecule has 2 aromatic carbocycles. The predicted molar refractivity (Wildman–Crippen MR) is 117 cm³/mol. The van der Waals surface area contributed by atoms with Gasteiger partial charge < -0.3 is 10.1 Å². The maximum atomic E-state index is 13.1. The summed E-state index contributed by atoms with van der Waals surface area (Å²) in [6.45, 7) is 6.31. The summed E-state index contributed by atoms with van der Waals surface area (Å²) < 4.78 is 5.21. The molecular formula is C22H23ClN2O4S. The van der Waals surface area contributed by atoms with Crippen LogP contribution in [0.2, 0.25) is 5.02 Å². The molecule has 0 bridgehead atoms. The largest absolute Gasteiger partial charge is 0.454 e. The molecule has 1 heterocycles. The fourth-order valence-corrected chi connectivity index (χ4v) is 4.00. The Bertz CT molecular complexity index is 1000. The van der Waals surface area contributed by atoms with E-state index >= 15 is 0 Å². The number of fused-ring (bicyclic) bond motifs is 2. The number of amides is 2. The van der Waals surface area contributed by atoms with Gasteiger partial charge in [0.25, 0.3) is 5.91 Å². The number of hydrogen-bond acceptors (Lipinski definition) is 5. The van der Waals surface area contributed by atoms with Gasteiger partial charge in [0.1, 0.15) is 6.04 Å². The van der Waals surface area contributed by atoms with Gasteiger partial charge in [-0.1, -0.05) is 56.3 Å². The summed E-state index contributed by atoms with van der Waals surface area (Å²) in [7, 11) is 0. The van der Waals surface area contributed by atoms with Crippen molar-refractivity contribution in [2.75, 3.05) is 11.5 Å². The van der Waals surface area contributed by atoms with Crippen LogP contribution in [0, 0.1) is 5.41 Å². The van der Waals surface area contributed by atoms with E-state index in [0.717, 1.165) is 9.79 Å². The molecule has 2 aromatic rings. The van der Waals surface area contributed by atoms with Crippen molar-refractivity contribution in [1.82, 2.24) is 5.32 Å². The molecule has 1 unspecified atom stereocenters. The Morgan fingerprint density at radius 1 is 1.10 bits per heavy atom. The van der Waals surface area contributed by atoms with Crippen molar-refractivity contribution in [2.45, 2.75) is 43.5 Å². The Balaban J connectivity index is 1.75. The normalized spacial score (nSPS) is 13.7. The van der Waals surface area contributed by atoms with Gasteiger partial charge in [-0.05, 0) is 37.3 Å². The standard InChI is InChI=1S/C22H23ClN2O4S/c1-13(24-21(28)22(2,3)4)20(27)29-12-19(26)25-15-7-5-6-8-17(15)30-18-10-9-14(23)11-16(18)25/h5-11,13H,12H2,1-4H3,(H,24,28). The molecule has 0 fully saturated rings. The van der Waals surface area contributed by atoms with Crippen LogP contribution in [0.25, 0.3) is 0 Å². The summed E-state index contributed by atoms with van der Waals surface area (Å²) in [4.78, 5) is 40.7. The lowest BCUT2D eigenvalue weighted by Crippen LogP contribution is -2.45. The first-order chi connectivity index (χ1) is 14.1. The zero-order chi connectivity index (χ0) is 22.1. The van der Waals surface area contributed by atoms with E-state index in [-0.39, 0.29) is 5.91 Å². The van der Waals surface area contributed by atoms with Crippen molar-refractivity contribution in [3.63, 3.8) is 0 Å². The number of carbonyl (C=O) groups excluding carboxylic acids is 3. The first kappa shape index (κ1) is 22.2. The summed E-state index contributed by atoms with van der Waals surface area (Å²) in [5.41, 5.74) is 0.705. The third-order valence-corrected chi connectivity index (χ3v) is 5.82. The van der Waals surface area contributed by atoms with Gasteiger partial charge in [-0.3, -0.25) is 14.5 Å². The van der Waals surface area contributed by atoms with E-state index in [4.69, 9.17) is 16.3 Å². The molecule has 0 aliphatic carbocycles. The van der Waals surface area contributed by atoms with Crippen molar-refractivity contribution in [3.05, 3.63) is 47.5 Å². The maximum Gasteiger partial charge on any atom is 0.328 e. The van der Waals surface area contributed by atoms with E-state index in [0.29, 0.717) is 16.4 Å². The minimum atomic E-state index is -0.865. The second-order valence-corrected chi connectivity index (χ2v) is 9.48. The summed E-state index contributed by atoms with van der Waals surface area (Å²) in [5.74, 6) is -1.36. The molecule has 158 valence electrons. The van der Waals surface area contributed by atoms with E-state index in [9.17, 15) is 14.4 Å². The molecule has 0 saturated carbocycles. The molecule has 1 aliphatic rings. The number of esters is 1. The Kier molecular flexibility index (Phi) is 6.43. The zero-order valence-electron chi connectivity index (χ0n) is 17.2. The number of hydrogen-bond donors (Lipinski definition) is 1. The fourth-order valence-electron chi connectivity index (χ4n) is 2.79. The van der Waals surface area contributed by atoms with Crippen LogP contribution in [0.3, 0.4) is 0 Å². The number of nitrogens with one attached hydrogen (secondary N) is 1. The Morgan fingerprint density at radius 3 is 2.47 bits per heavy atom. The van der Waals surface area contributed by atoms with Crippen LogP contribution in [-0.2, 0) is 19.1 Å². The van der Waals surface area contributed by atoms with Gasteiger partial charge in [-0.15, -0.1) is 0 Å². The Morgan fingerprint density at radius 2 is 1.77 bits per heavy atom. The van der Waals surface area contributed by atoms with Crippen LogP contribution < -0.4 is 10.2 Å². The van der Waals surface area contributed by atoms with E-state index in [1.54, 1.807) is 44.7 Å². The lowest BCUT2D eigenvalue weighted by molar-refractivity contribution is -0.151. The third-order valence-electron chi connectivity index (χ3n) is 4.46. The van der Waals surface area contributed by atoms with E-state index < -0.39 is 29.9 Å². The number of carbonyl (C=O) groups is 3. The molecule has 1 aliphatic heterocycles. The van der Waals surface area contributed by atoms with Crippen molar-refractivity contribution in [1.29, 1.82) is 0 Å². The molecule has 1 N–H and O–H groups in total. The molecule has 30 heavy (non-hydrogen) atoms. The van der Waals surface area contributed by atoms with Crippen LogP contribution in [-0.4, -0.2) is 30.4 Å². The van der Waals surface area contributed by atoms with Gasteiger partial charge in [0.05, 0.1) is 11.4 Å². The molecule has 0 aromatic heterocycles. The summed E-state index contributed by atoms with van der Waals surface area (Å²) in [6, 6.07) is 12.0. The van der Waals surface area contributed by atoms with E-state index in [2.05, 4.69) is 5.32 Å². The number of nitrogens with zero attached hydrogens (tertiary/aromatic N) is 1. The summed E-state index contributed by atoms with van der Waals surface area (Å²) in [5, 5.41) is 3.10. The number of ether oxygens (including phenoxy) is 1. The molecule has 6 nitrogen and oxygen atoms in total. The van der Waals surface area contributed by atoms with Gasteiger partial charge >= 0.3 is 5.97 Å². The average Bonchev–Trinajstić information content (AvgIpc) is 2.69. The minimum absolute atomic E-state index is 0.274. The molecule has 0 radical (unpaired) electrons. The highest BCUT2D eigenvalue weighted by atomic mass is 35.5. The lowest BCUT2D eigenvalue weighted by Gasteiger charge is -2.31. The van der Waals surface area contributed by atoms with E-state index in [1.807, 2.05) is 30.3 Å². The molecule has 1 atom stereocenters. The van der Waals surface area contributed by atoms with Gasteiger partial charge in [0.2, 0.25) is 5.91 Å². The number of para-hydroxylation sites is 1. The first-order valence-electron chi connectivity index (χ1n) is 9.45. The Labute approximate surface area is 184 Å². The smallest absolute Gasteiger partial charge is 0.328 e. The quantitative estimate of drug-likeness (QED) is 0.696. The van der Waals surface area contributed by atoms with Crippen molar-refractivity contribution >= 4 is 52.5 Å². The highest BCUT2D eigenvalue weighted by molar-refractivity contribution is 7.99. The van der Waals surface area contributed by atoms with Crippen LogP contribution in [0.1, 0.15) is 27.7 Å². The van der Waals surface area contributed by atoms with Gasteiger partial charge in [0, 0.05) is 20.2 Å². The van der Waals surface area contributed by atoms with Crippen molar-refractivity contribution in [2.24, 2.45) is 5.41 Å². The maximum absolute atomic E-state index is 13.1. The van der Waals surface area contributed by atoms with Crippen LogP contribution in [0.5, 0.6) is 0 Å². The average molecular weight is 447 g/mol. The van der Waals surface area contributed by atoms with Gasteiger partial charge in [-0.2, -0.15) is 0 Å². The molecule has 0 spiro atoms. The number of benzene rings is 2. The highest BCUT2D eigenvalue weighted by Crippen LogP contribution is 2.48. The molecule has 2 amide bonds. The number of anilines is 2. The minimum Gasteiger partial charge on any atom is -0.454 e. The molecular weight excluding hydrogens is 424 g/mol. The van der Waals surface area contributed by atoms with Gasteiger partial charge in [-0.25, -0.2) is 4.79 Å². The summed E-state index contributed by atoms with van der Waals surface area (Å²) in [6.07, 6.45) is 0. The van der Waals surface area contributed by atoms with Crippen LogP contribution in [0.4, 0.5) is 11.4 Å². The SMILES string of the molecule is CC(NC(=O)C(C)(C)C)C(=O)OCC(=O)N1c2ccccc2Sc2ccc(Cl)cc21. The topological polar surface area (TPSA) is 75.7 Å². The van der Waals surface area contributed by atoms with Crippen molar-refractivity contribution < 1.29 is 19.1 Å². The van der Waals surface area contributed by atoms with Crippen LogP contribution >= 0.6 is 23.4 Å². The van der Waals surface area contributed by atoms with E-state index in [1.165, 1.54) is 11.8 Å². The van der Waals surface area contributed by atoms with Crippen molar-refractivity contribution in [3.8, 4) is 0 Å². The second kappa shape index (κ2) is 8.70. The predicted octanol–water partition coefficient (Wildman–Crippen LogP) is 4.56. The zero-order valence-corrected chi connectivity index (χ0v) is 18.8. The fraction of sp³-hybridized carbons (Fsp3) is 0.318. The monoisotopic (exact) mass is 446 g/mol. The Hall–Kier alpha value is -2.51. The molecule has 8 heteroatoms. The summed E-state index contributed by atoms with van der Waals surface area (Å²) >= 11 is 7.70.